The molecule has 2 aliphatic rings. The van der Waals surface area contributed by atoms with Gasteiger partial charge < -0.3 is 15.0 Å². The second kappa shape index (κ2) is 7.79. The van der Waals surface area contributed by atoms with Crippen LogP contribution >= 0.6 is 0 Å². The zero-order valence-electron chi connectivity index (χ0n) is 15.0. The number of hydrogen-bond donors (Lipinski definition) is 1. The van der Waals surface area contributed by atoms with Crippen molar-refractivity contribution in [3.63, 3.8) is 0 Å². The van der Waals surface area contributed by atoms with Crippen molar-refractivity contribution in [1.82, 2.24) is 14.5 Å². The van der Waals surface area contributed by atoms with Crippen LogP contribution in [-0.4, -0.2) is 74.8 Å². The average Bonchev–Trinajstić information content (AvgIpc) is 3.21. The van der Waals surface area contributed by atoms with Gasteiger partial charge in [-0.2, -0.15) is 4.31 Å². The number of ether oxygens (including phenoxy) is 1. The molecule has 3 rings (SSSR count). The Morgan fingerprint density at radius 1 is 1.30 bits per heavy atom. The maximum atomic E-state index is 12.8. The molecule has 1 N–H and O–H groups in total. The highest BCUT2D eigenvalue weighted by Crippen LogP contribution is 2.30. The molecule has 1 aromatic rings. The van der Waals surface area contributed by atoms with E-state index in [2.05, 4.69) is 5.32 Å². The minimum Gasteiger partial charge on any atom is -0.490 e. The third kappa shape index (κ3) is 3.89. The van der Waals surface area contributed by atoms with Gasteiger partial charge in [0, 0.05) is 38.8 Å². The Bertz CT molecular complexity index is 829. The van der Waals surface area contributed by atoms with E-state index in [0.29, 0.717) is 19.6 Å². The second-order valence-electron chi connectivity index (χ2n) is 6.51. The van der Waals surface area contributed by atoms with Crippen LogP contribution in [0.5, 0.6) is 5.75 Å². The molecule has 2 aliphatic heterocycles. The zero-order valence-corrected chi connectivity index (χ0v) is 15.8. The van der Waals surface area contributed by atoms with Crippen molar-refractivity contribution >= 4 is 21.6 Å². The molecular formula is C16H22N4O6S. The topological polar surface area (TPSA) is 122 Å². The predicted molar refractivity (Wildman–Crippen MR) is 96.0 cm³/mol. The first-order valence-corrected chi connectivity index (χ1v) is 10.1. The van der Waals surface area contributed by atoms with Gasteiger partial charge in [0.15, 0.2) is 5.75 Å². The fraction of sp³-hybridized carbons (Fsp3) is 0.562. The molecule has 11 heteroatoms. The van der Waals surface area contributed by atoms with E-state index in [9.17, 15) is 23.3 Å². The molecule has 1 atom stereocenters. The van der Waals surface area contributed by atoms with E-state index in [1.807, 2.05) is 0 Å². The number of carbonyl (C=O) groups excluding carboxylic acids is 1. The quantitative estimate of drug-likeness (QED) is 0.549. The standard InChI is InChI=1S/C16H22N4O6S/c1-26-15-3-2-13(10-14(15)20(22)23)27(24,25)19-8-6-18(7-9-19)16(21)12-4-5-17-11-12/h2-3,10,12,17H,4-9,11H2,1H3. The Morgan fingerprint density at radius 3 is 2.56 bits per heavy atom. The maximum absolute atomic E-state index is 12.8. The van der Waals surface area contributed by atoms with Crippen LogP contribution in [0.15, 0.2) is 23.1 Å². The van der Waals surface area contributed by atoms with E-state index in [-0.39, 0.29) is 35.6 Å². The average molecular weight is 398 g/mol. The highest BCUT2D eigenvalue weighted by molar-refractivity contribution is 7.89. The summed E-state index contributed by atoms with van der Waals surface area (Å²) in [5.74, 6) is 0.00840. The molecule has 0 spiro atoms. The number of piperazine rings is 1. The van der Waals surface area contributed by atoms with Crippen LogP contribution in [0.3, 0.4) is 0 Å². The first kappa shape index (κ1) is 19.5. The number of hydrogen-bond acceptors (Lipinski definition) is 7. The fourth-order valence-electron chi connectivity index (χ4n) is 3.39. The number of benzene rings is 1. The summed E-state index contributed by atoms with van der Waals surface area (Å²) in [5, 5.41) is 14.3. The number of rotatable bonds is 5. The van der Waals surface area contributed by atoms with Gasteiger partial charge in [-0.3, -0.25) is 14.9 Å². The van der Waals surface area contributed by atoms with E-state index < -0.39 is 20.6 Å². The summed E-state index contributed by atoms with van der Waals surface area (Å²) in [7, 11) is -2.60. The van der Waals surface area contributed by atoms with Gasteiger partial charge in [-0.15, -0.1) is 0 Å². The highest BCUT2D eigenvalue weighted by atomic mass is 32.2. The number of nitro benzene ring substituents is 1. The molecule has 10 nitrogen and oxygen atoms in total. The number of methoxy groups -OCH3 is 1. The first-order valence-electron chi connectivity index (χ1n) is 8.66. The molecule has 148 valence electrons. The summed E-state index contributed by atoms with van der Waals surface area (Å²) in [6, 6.07) is 3.58. The van der Waals surface area contributed by atoms with Crippen LogP contribution in [0, 0.1) is 16.0 Å². The van der Waals surface area contributed by atoms with Gasteiger partial charge in [0.05, 0.1) is 22.8 Å². The molecular weight excluding hydrogens is 376 g/mol. The predicted octanol–water partition coefficient (Wildman–Crippen LogP) is 0.0458. The van der Waals surface area contributed by atoms with Crippen molar-refractivity contribution < 1.29 is 22.9 Å². The summed E-state index contributed by atoms with van der Waals surface area (Å²) in [6.07, 6.45) is 0.798. The Morgan fingerprint density at radius 2 is 2.00 bits per heavy atom. The molecule has 1 amide bonds. The minimum absolute atomic E-state index is 0.000427. The second-order valence-corrected chi connectivity index (χ2v) is 8.45. The van der Waals surface area contributed by atoms with Crippen LogP contribution < -0.4 is 10.1 Å². The summed E-state index contributed by atoms with van der Waals surface area (Å²) in [4.78, 5) is 24.5. The van der Waals surface area contributed by atoms with Crippen molar-refractivity contribution in [2.45, 2.75) is 11.3 Å². The smallest absolute Gasteiger partial charge is 0.312 e. The summed E-state index contributed by atoms with van der Waals surface area (Å²) < 4.78 is 31.9. The number of amides is 1. The Balaban J connectivity index is 1.72. The van der Waals surface area contributed by atoms with Crippen LogP contribution in [0.1, 0.15) is 6.42 Å². The number of nitrogens with zero attached hydrogens (tertiary/aromatic N) is 3. The highest BCUT2D eigenvalue weighted by Gasteiger charge is 2.34. The molecule has 0 aliphatic carbocycles. The first-order chi connectivity index (χ1) is 12.8. The lowest BCUT2D eigenvalue weighted by Crippen LogP contribution is -2.52. The monoisotopic (exact) mass is 398 g/mol. The molecule has 1 unspecified atom stereocenters. The molecule has 2 saturated heterocycles. The number of nitro groups is 1. The van der Waals surface area contributed by atoms with Gasteiger partial charge in [-0.05, 0) is 25.1 Å². The van der Waals surface area contributed by atoms with E-state index in [1.165, 1.54) is 23.5 Å². The minimum atomic E-state index is -3.89. The SMILES string of the molecule is COc1ccc(S(=O)(=O)N2CCN(C(=O)C3CCNC3)CC2)cc1[N+](=O)[O-]. The van der Waals surface area contributed by atoms with Crippen molar-refractivity contribution in [1.29, 1.82) is 0 Å². The molecule has 2 heterocycles. The third-order valence-corrected chi connectivity index (χ3v) is 6.84. The molecule has 0 radical (unpaired) electrons. The third-order valence-electron chi connectivity index (χ3n) is 4.94. The largest absolute Gasteiger partial charge is 0.490 e. The van der Waals surface area contributed by atoms with Crippen molar-refractivity contribution in [2.24, 2.45) is 5.92 Å². The maximum Gasteiger partial charge on any atom is 0.312 e. The lowest BCUT2D eigenvalue weighted by Gasteiger charge is -2.35. The van der Waals surface area contributed by atoms with Crippen LogP contribution in [0.2, 0.25) is 0 Å². The van der Waals surface area contributed by atoms with E-state index >= 15 is 0 Å². The summed E-state index contributed by atoms with van der Waals surface area (Å²) in [6.45, 7) is 2.43. The number of nitrogens with one attached hydrogen (secondary N) is 1. The van der Waals surface area contributed by atoms with Crippen molar-refractivity contribution in [2.75, 3.05) is 46.4 Å². The lowest BCUT2D eigenvalue weighted by atomic mass is 10.1. The van der Waals surface area contributed by atoms with Crippen molar-refractivity contribution in [3.8, 4) is 5.75 Å². The molecule has 0 saturated carbocycles. The van der Waals surface area contributed by atoms with Crippen LogP contribution in [0.25, 0.3) is 0 Å². The zero-order chi connectivity index (χ0) is 19.6. The van der Waals surface area contributed by atoms with Crippen molar-refractivity contribution in [3.05, 3.63) is 28.3 Å². The Kier molecular flexibility index (Phi) is 5.63. The van der Waals surface area contributed by atoms with E-state index in [4.69, 9.17) is 4.74 Å². The van der Waals surface area contributed by atoms with Gasteiger partial charge in [0.1, 0.15) is 0 Å². The normalized spacial score (nSPS) is 21.2. The molecule has 0 bridgehead atoms. The molecule has 2 fully saturated rings. The fourth-order valence-corrected chi connectivity index (χ4v) is 4.84. The molecule has 27 heavy (non-hydrogen) atoms. The van der Waals surface area contributed by atoms with Gasteiger partial charge in [-0.25, -0.2) is 8.42 Å². The summed E-state index contributed by atoms with van der Waals surface area (Å²) >= 11 is 0. The lowest BCUT2D eigenvalue weighted by molar-refractivity contribution is -0.386. The van der Waals surface area contributed by atoms with Crippen LogP contribution in [0.4, 0.5) is 5.69 Å². The molecule has 1 aromatic carbocycles. The van der Waals surface area contributed by atoms with Crippen LogP contribution in [-0.2, 0) is 14.8 Å². The van der Waals surface area contributed by atoms with Gasteiger partial charge in [-0.1, -0.05) is 0 Å². The van der Waals surface area contributed by atoms with E-state index in [0.717, 1.165) is 19.0 Å². The van der Waals surface area contributed by atoms with Gasteiger partial charge in [0.2, 0.25) is 15.9 Å². The van der Waals surface area contributed by atoms with E-state index in [1.54, 1.807) is 4.90 Å². The number of sulfonamides is 1. The number of carbonyl (C=O) groups is 1. The molecule has 0 aromatic heterocycles. The Hall–Kier alpha value is -2.24. The van der Waals surface area contributed by atoms with Gasteiger partial charge in [0.25, 0.3) is 0 Å². The van der Waals surface area contributed by atoms with Gasteiger partial charge >= 0.3 is 5.69 Å². The Labute approximate surface area is 157 Å². The summed E-state index contributed by atoms with van der Waals surface area (Å²) in [5.41, 5.74) is -0.402.